The van der Waals surface area contributed by atoms with Gasteiger partial charge in [0, 0.05) is 30.6 Å². The summed E-state index contributed by atoms with van der Waals surface area (Å²) in [5.74, 6) is -1.11. The van der Waals surface area contributed by atoms with E-state index in [0.29, 0.717) is 18.5 Å². The molecule has 1 amide bonds. The second-order valence-electron chi connectivity index (χ2n) is 5.94. The van der Waals surface area contributed by atoms with Gasteiger partial charge >= 0.3 is 0 Å². The summed E-state index contributed by atoms with van der Waals surface area (Å²) in [4.78, 5) is 14.1. The summed E-state index contributed by atoms with van der Waals surface area (Å²) in [6.07, 6.45) is 6.30. The molecule has 0 bridgehead atoms. The summed E-state index contributed by atoms with van der Waals surface area (Å²) in [5, 5.41) is 0. The Morgan fingerprint density at radius 3 is 2.48 bits per heavy atom. The van der Waals surface area contributed by atoms with Crippen molar-refractivity contribution in [1.29, 1.82) is 0 Å². The minimum absolute atomic E-state index is 0. The van der Waals surface area contributed by atoms with E-state index >= 15 is 0 Å². The lowest BCUT2D eigenvalue weighted by molar-refractivity contribution is -0.132. The van der Waals surface area contributed by atoms with Gasteiger partial charge in [-0.05, 0) is 38.3 Å². The minimum Gasteiger partial charge on any atom is -0.335 e. The third-order valence-electron chi connectivity index (χ3n) is 4.01. The number of hydrogen-bond donors (Lipinski definition) is 1. The standard InChI is InChI=1S/C17H24F2N2O.ClH/c18-14-7-6-13(16(19)11-14)12-21(15-8-9-15)17(22)5-3-1-2-4-10-20;/h6-7,11,15H,1-5,8-10,12,20H2;1H. The van der Waals surface area contributed by atoms with Gasteiger partial charge in [0.05, 0.1) is 0 Å². The average molecular weight is 347 g/mol. The molecule has 1 aromatic carbocycles. The van der Waals surface area contributed by atoms with Gasteiger partial charge in [-0.25, -0.2) is 8.78 Å². The molecule has 0 unspecified atom stereocenters. The van der Waals surface area contributed by atoms with Crippen LogP contribution in [0.5, 0.6) is 0 Å². The summed E-state index contributed by atoms with van der Waals surface area (Å²) >= 11 is 0. The number of nitrogens with two attached hydrogens (primary N) is 1. The first-order valence-corrected chi connectivity index (χ1v) is 8.05. The molecular weight excluding hydrogens is 322 g/mol. The second-order valence-corrected chi connectivity index (χ2v) is 5.94. The molecule has 0 aromatic heterocycles. The van der Waals surface area contributed by atoms with E-state index in [0.717, 1.165) is 44.6 Å². The molecule has 0 radical (unpaired) electrons. The van der Waals surface area contributed by atoms with Crippen LogP contribution in [-0.4, -0.2) is 23.4 Å². The van der Waals surface area contributed by atoms with Crippen molar-refractivity contribution in [2.45, 2.75) is 57.5 Å². The fourth-order valence-corrected chi connectivity index (χ4v) is 2.56. The SMILES string of the molecule is Cl.NCCCCCCC(=O)N(Cc1ccc(F)cc1F)C1CC1. The van der Waals surface area contributed by atoms with E-state index in [-0.39, 0.29) is 30.9 Å². The molecule has 1 aliphatic carbocycles. The Bertz CT molecular complexity index is 509. The highest BCUT2D eigenvalue weighted by Crippen LogP contribution is 2.30. The van der Waals surface area contributed by atoms with Crippen LogP contribution in [0.25, 0.3) is 0 Å². The fraction of sp³-hybridized carbons (Fsp3) is 0.588. The smallest absolute Gasteiger partial charge is 0.223 e. The number of halogens is 3. The zero-order valence-electron chi connectivity index (χ0n) is 13.3. The van der Waals surface area contributed by atoms with E-state index in [9.17, 15) is 13.6 Å². The normalized spacial score (nSPS) is 13.5. The summed E-state index contributed by atoms with van der Waals surface area (Å²) in [7, 11) is 0. The van der Waals surface area contributed by atoms with Crippen LogP contribution in [0.2, 0.25) is 0 Å². The van der Waals surface area contributed by atoms with Crippen LogP contribution < -0.4 is 5.73 Å². The molecule has 130 valence electrons. The van der Waals surface area contributed by atoms with Gasteiger partial charge in [-0.15, -0.1) is 12.4 Å². The van der Waals surface area contributed by atoms with E-state index in [2.05, 4.69) is 0 Å². The first kappa shape index (κ1) is 19.8. The summed E-state index contributed by atoms with van der Waals surface area (Å²) in [5.41, 5.74) is 5.82. The molecule has 1 aromatic rings. The van der Waals surface area contributed by atoms with Crippen LogP contribution in [-0.2, 0) is 11.3 Å². The molecular formula is C17H25ClF2N2O. The summed E-state index contributed by atoms with van der Waals surface area (Å²) in [6.45, 7) is 0.921. The molecule has 0 spiro atoms. The number of carbonyl (C=O) groups is 1. The van der Waals surface area contributed by atoms with Crippen molar-refractivity contribution in [3.63, 3.8) is 0 Å². The van der Waals surface area contributed by atoms with E-state index < -0.39 is 11.6 Å². The predicted octanol–water partition coefficient (Wildman–Crippen LogP) is 3.79. The number of nitrogens with zero attached hydrogens (tertiary/aromatic N) is 1. The topological polar surface area (TPSA) is 46.3 Å². The molecule has 3 nitrogen and oxygen atoms in total. The van der Waals surface area contributed by atoms with Crippen molar-refractivity contribution in [2.24, 2.45) is 5.73 Å². The van der Waals surface area contributed by atoms with Gasteiger partial charge in [0.2, 0.25) is 5.91 Å². The second kappa shape index (κ2) is 9.83. The molecule has 1 fully saturated rings. The Kier molecular flexibility index (Phi) is 8.48. The van der Waals surface area contributed by atoms with Crippen molar-refractivity contribution in [1.82, 2.24) is 4.90 Å². The Hall–Kier alpha value is -1.20. The highest BCUT2D eigenvalue weighted by atomic mass is 35.5. The van der Waals surface area contributed by atoms with Crippen molar-refractivity contribution < 1.29 is 13.6 Å². The number of unbranched alkanes of at least 4 members (excludes halogenated alkanes) is 3. The van der Waals surface area contributed by atoms with Crippen molar-refractivity contribution in [3.8, 4) is 0 Å². The number of amides is 1. The van der Waals surface area contributed by atoms with Crippen molar-refractivity contribution in [2.75, 3.05) is 6.54 Å². The van der Waals surface area contributed by atoms with Crippen LogP contribution in [0, 0.1) is 11.6 Å². The fourth-order valence-electron chi connectivity index (χ4n) is 2.56. The largest absolute Gasteiger partial charge is 0.335 e. The number of benzene rings is 1. The monoisotopic (exact) mass is 346 g/mol. The van der Waals surface area contributed by atoms with Crippen LogP contribution in [0.3, 0.4) is 0 Å². The van der Waals surface area contributed by atoms with Crippen molar-refractivity contribution >= 4 is 18.3 Å². The molecule has 1 aliphatic rings. The first-order chi connectivity index (χ1) is 10.6. The van der Waals surface area contributed by atoms with Crippen LogP contribution in [0.15, 0.2) is 18.2 Å². The maximum atomic E-state index is 13.8. The number of carbonyl (C=O) groups excluding carboxylic acids is 1. The van der Waals surface area contributed by atoms with Gasteiger partial charge in [0.15, 0.2) is 0 Å². The van der Waals surface area contributed by atoms with E-state index in [4.69, 9.17) is 5.73 Å². The predicted molar refractivity (Wildman–Crippen MR) is 89.3 cm³/mol. The average Bonchev–Trinajstić information content (AvgIpc) is 3.30. The Labute approximate surface area is 142 Å². The van der Waals surface area contributed by atoms with E-state index in [1.165, 1.54) is 12.1 Å². The highest BCUT2D eigenvalue weighted by Gasteiger charge is 2.32. The van der Waals surface area contributed by atoms with Gasteiger partial charge in [-0.1, -0.05) is 18.9 Å². The number of hydrogen-bond acceptors (Lipinski definition) is 2. The first-order valence-electron chi connectivity index (χ1n) is 8.05. The van der Waals surface area contributed by atoms with E-state index in [1.807, 2.05) is 0 Å². The third-order valence-corrected chi connectivity index (χ3v) is 4.01. The van der Waals surface area contributed by atoms with Gasteiger partial charge in [-0.2, -0.15) is 0 Å². The lowest BCUT2D eigenvalue weighted by Gasteiger charge is -2.23. The maximum Gasteiger partial charge on any atom is 0.223 e. The minimum atomic E-state index is -0.592. The van der Waals surface area contributed by atoms with Gasteiger partial charge in [0.25, 0.3) is 0 Å². The van der Waals surface area contributed by atoms with E-state index in [1.54, 1.807) is 4.90 Å². The molecule has 0 aliphatic heterocycles. The highest BCUT2D eigenvalue weighted by molar-refractivity contribution is 5.85. The molecule has 1 saturated carbocycles. The molecule has 0 atom stereocenters. The van der Waals surface area contributed by atoms with Crippen LogP contribution >= 0.6 is 12.4 Å². The lowest BCUT2D eigenvalue weighted by Crippen LogP contribution is -2.32. The van der Waals surface area contributed by atoms with Crippen LogP contribution in [0.1, 0.15) is 50.5 Å². The quantitative estimate of drug-likeness (QED) is 0.691. The molecule has 2 N–H and O–H groups in total. The van der Waals surface area contributed by atoms with Gasteiger partial charge in [-0.3, -0.25) is 4.79 Å². The zero-order chi connectivity index (χ0) is 15.9. The molecule has 2 rings (SSSR count). The Balaban J connectivity index is 0.00000264. The molecule has 0 saturated heterocycles. The molecule has 6 heteroatoms. The van der Waals surface area contributed by atoms with Gasteiger partial charge < -0.3 is 10.6 Å². The summed E-state index contributed by atoms with van der Waals surface area (Å²) < 4.78 is 26.7. The lowest BCUT2D eigenvalue weighted by atomic mass is 10.1. The zero-order valence-corrected chi connectivity index (χ0v) is 14.1. The molecule has 23 heavy (non-hydrogen) atoms. The molecule has 0 heterocycles. The number of rotatable bonds is 9. The Morgan fingerprint density at radius 2 is 1.87 bits per heavy atom. The maximum absolute atomic E-state index is 13.8. The summed E-state index contributed by atoms with van der Waals surface area (Å²) in [6, 6.07) is 3.76. The Morgan fingerprint density at radius 1 is 1.17 bits per heavy atom. The third kappa shape index (κ3) is 6.43. The van der Waals surface area contributed by atoms with Crippen molar-refractivity contribution in [3.05, 3.63) is 35.4 Å². The van der Waals surface area contributed by atoms with Crippen LogP contribution in [0.4, 0.5) is 8.78 Å². The van der Waals surface area contributed by atoms with Gasteiger partial charge in [0.1, 0.15) is 11.6 Å².